The van der Waals surface area contributed by atoms with Crippen LogP contribution in [0.2, 0.25) is 0 Å². The summed E-state index contributed by atoms with van der Waals surface area (Å²) < 4.78 is 4.94. The smallest absolute Gasteiger partial charge is 0.238 e. The molecule has 0 atom stereocenters. The van der Waals surface area contributed by atoms with Gasteiger partial charge in [-0.15, -0.1) is 10.9 Å². The molecular weight excluding hydrogens is 719 g/mol. The first kappa shape index (κ1) is 38.0. The second-order valence-corrected chi connectivity index (χ2v) is 16.7. The molecule has 10 rings (SSSR count). The van der Waals surface area contributed by atoms with Crippen molar-refractivity contribution >= 4 is 177 Å². The average molecular weight is 758 g/mol. The molecule has 0 unspecified atom stereocenters. The molecule has 0 aliphatic rings. The van der Waals surface area contributed by atoms with Gasteiger partial charge in [0, 0.05) is 44.0 Å². The van der Waals surface area contributed by atoms with Gasteiger partial charge in [0.1, 0.15) is 78.5 Å². The van der Waals surface area contributed by atoms with Crippen LogP contribution in [0, 0.1) is 0 Å². The third-order valence-corrected chi connectivity index (χ3v) is 13.8. The Labute approximate surface area is 359 Å². The number of para-hydroxylation sites is 1. The summed E-state index contributed by atoms with van der Waals surface area (Å²) in [5.74, 6) is 1.89. The van der Waals surface area contributed by atoms with Gasteiger partial charge in [0.05, 0.1) is 11.0 Å². The number of fused-ring (bicyclic) bond motifs is 7. The maximum Gasteiger partial charge on any atom is 0.238 e. The summed E-state index contributed by atoms with van der Waals surface area (Å²) in [6, 6.07) is 40.3. The zero-order chi connectivity index (χ0) is 41.7. The molecule has 0 amide bonds. The molecular formula is C45H39B10N5. The predicted molar refractivity (Wildman–Crippen MR) is 287 cm³/mol. The van der Waals surface area contributed by atoms with E-state index in [1.807, 2.05) is 18.2 Å². The molecule has 10 aromatic rings. The van der Waals surface area contributed by atoms with E-state index < -0.39 is 0 Å². The molecule has 0 aliphatic heterocycles. The topological polar surface area (TPSA) is 48.5 Å². The van der Waals surface area contributed by atoms with Gasteiger partial charge in [0.2, 0.25) is 5.95 Å². The van der Waals surface area contributed by atoms with Crippen LogP contribution < -0.4 is 54.6 Å². The van der Waals surface area contributed by atoms with Crippen molar-refractivity contribution in [3.63, 3.8) is 0 Å². The van der Waals surface area contributed by atoms with Crippen LogP contribution in [0.4, 0.5) is 0 Å². The lowest BCUT2D eigenvalue weighted by Crippen LogP contribution is -2.48. The Bertz CT molecular complexity index is 3410. The third kappa shape index (κ3) is 5.51. The maximum absolute atomic E-state index is 5.46. The molecule has 3 aromatic heterocycles. The molecule has 0 N–H and O–H groups in total. The Kier molecular flexibility index (Phi) is 9.02. The number of benzene rings is 7. The summed E-state index contributed by atoms with van der Waals surface area (Å²) in [5, 5.41) is 5.13. The fraction of sp³-hybridized carbons (Fsp3) is 0. The van der Waals surface area contributed by atoms with Gasteiger partial charge >= 0.3 is 0 Å². The van der Waals surface area contributed by atoms with Crippen molar-refractivity contribution in [1.29, 1.82) is 0 Å². The summed E-state index contributed by atoms with van der Waals surface area (Å²) in [7, 11) is 22.9. The van der Waals surface area contributed by atoms with Crippen LogP contribution in [0.25, 0.3) is 89.2 Å². The van der Waals surface area contributed by atoms with Crippen molar-refractivity contribution in [3.05, 3.63) is 115 Å². The van der Waals surface area contributed by atoms with Crippen molar-refractivity contribution in [2.45, 2.75) is 0 Å². The number of aromatic nitrogens is 5. The monoisotopic (exact) mass is 759 g/mol. The van der Waals surface area contributed by atoms with Gasteiger partial charge in [-0.1, -0.05) is 147 Å². The Balaban J connectivity index is 1.41. The van der Waals surface area contributed by atoms with Crippen molar-refractivity contribution < 1.29 is 0 Å². The molecule has 0 radical (unpaired) electrons. The van der Waals surface area contributed by atoms with Crippen molar-refractivity contribution in [2.75, 3.05) is 0 Å². The third-order valence-electron chi connectivity index (χ3n) is 13.8. The first-order valence-electron chi connectivity index (χ1n) is 21.0. The van der Waals surface area contributed by atoms with E-state index in [-0.39, 0.29) is 0 Å². The molecule has 0 saturated carbocycles. The second kappa shape index (κ2) is 14.2. The Morgan fingerprint density at radius 1 is 0.283 bits per heavy atom. The molecule has 0 spiro atoms. The average Bonchev–Trinajstić information content (AvgIpc) is 3.84. The Morgan fingerprint density at radius 3 is 1.18 bits per heavy atom. The highest BCUT2D eigenvalue weighted by Gasteiger charge is 2.30. The lowest BCUT2D eigenvalue weighted by molar-refractivity contribution is 0.956. The molecule has 0 saturated heterocycles. The van der Waals surface area contributed by atoms with Gasteiger partial charge < -0.3 is 4.57 Å². The van der Waals surface area contributed by atoms with Crippen molar-refractivity contribution in [1.82, 2.24) is 24.1 Å². The first-order valence-corrected chi connectivity index (χ1v) is 21.0. The van der Waals surface area contributed by atoms with Gasteiger partial charge in [-0.25, -0.2) is 4.98 Å². The highest BCUT2D eigenvalue weighted by atomic mass is 15.2. The van der Waals surface area contributed by atoms with Gasteiger partial charge in [-0.3, -0.25) is 4.57 Å². The quantitative estimate of drug-likeness (QED) is 0.165. The van der Waals surface area contributed by atoms with E-state index >= 15 is 0 Å². The second-order valence-electron chi connectivity index (χ2n) is 16.7. The number of rotatable bonds is 5. The van der Waals surface area contributed by atoms with Crippen LogP contribution in [-0.4, -0.2) is 103 Å². The van der Waals surface area contributed by atoms with Crippen molar-refractivity contribution in [2.24, 2.45) is 0 Å². The molecule has 7 aromatic carbocycles. The summed E-state index contributed by atoms with van der Waals surface area (Å²) in [6.07, 6.45) is 0. The summed E-state index contributed by atoms with van der Waals surface area (Å²) in [6.45, 7) is 0. The highest BCUT2D eigenvalue weighted by Crippen LogP contribution is 2.38. The Hall–Kier alpha value is -6.20. The summed E-state index contributed by atoms with van der Waals surface area (Å²) in [5.41, 5.74) is 23.1. The summed E-state index contributed by atoms with van der Waals surface area (Å²) >= 11 is 0. The van der Waals surface area contributed by atoms with Crippen LogP contribution in [0.15, 0.2) is 115 Å². The lowest BCUT2D eigenvalue weighted by atomic mass is 9.64. The van der Waals surface area contributed by atoms with Crippen LogP contribution in [0.1, 0.15) is 0 Å². The SMILES string of the molecule is Bc1c(B)c(B)c2c(c1B)c1c(c(B)c(B)c3c4c(B)c(B)c(B)c(B)c4n(-c4ccccc4)c31)n2-c1nc(-c2ccccc2)nc(-c2ccc(-c3ccccc3)cc2)n1. The van der Waals surface area contributed by atoms with Crippen molar-refractivity contribution in [3.8, 4) is 45.5 Å². The minimum absolute atomic E-state index is 0.611. The molecule has 0 fully saturated rings. The van der Waals surface area contributed by atoms with Gasteiger partial charge in [-0.2, -0.15) is 9.97 Å². The fourth-order valence-corrected chi connectivity index (χ4v) is 9.78. The van der Waals surface area contributed by atoms with Crippen LogP contribution in [0.5, 0.6) is 0 Å². The number of hydrogen-bond donors (Lipinski definition) is 0. The minimum atomic E-state index is 0.611. The van der Waals surface area contributed by atoms with Gasteiger partial charge in [0.15, 0.2) is 11.6 Å². The summed E-state index contributed by atoms with van der Waals surface area (Å²) in [4.78, 5) is 16.1. The standard InChI is InChI=1S/C45H39B10N5/c46-29-26-25-31(48)36(53)42-28(39(25)59(24-14-8-3-9-15-24)40(26)37(54)34(51)32(29)49)27-30(47)33(50)35(52)38(55)41(27)60(42)45-57-43(22-12-6-2-7-13-22)56-44(58-45)23-18-16-21(17-19-23)20-10-4-1-5-11-20/h1-19H,46-55H2. The first-order chi connectivity index (χ1) is 29.0. The van der Waals surface area contributed by atoms with Crippen LogP contribution in [0.3, 0.4) is 0 Å². The number of nitrogens with zero attached hydrogens (tertiary/aromatic N) is 5. The highest BCUT2D eigenvalue weighted by molar-refractivity contribution is 6.71. The van der Waals surface area contributed by atoms with E-state index in [4.69, 9.17) is 15.0 Å². The normalized spacial score (nSPS) is 11.7. The van der Waals surface area contributed by atoms with E-state index in [1.54, 1.807) is 0 Å². The van der Waals surface area contributed by atoms with Gasteiger partial charge in [-0.05, 0) is 28.6 Å². The fourth-order valence-electron chi connectivity index (χ4n) is 9.78. The molecule has 274 valence electrons. The predicted octanol–water partition coefficient (Wildman–Crippen LogP) is -6.35. The van der Waals surface area contributed by atoms with E-state index in [9.17, 15) is 0 Å². The molecule has 15 heteroatoms. The van der Waals surface area contributed by atoms with Crippen LogP contribution >= 0.6 is 0 Å². The molecule has 5 nitrogen and oxygen atoms in total. The molecule has 3 heterocycles. The Morgan fingerprint density at radius 2 is 0.633 bits per heavy atom. The number of hydrogen-bond acceptors (Lipinski definition) is 3. The van der Waals surface area contributed by atoms with Gasteiger partial charge in [0.25, 0.3) is 0 Å². The molecule has 60 heavy (non-hydrogen) atoms. The van der Waals surface area contributed by atoms with E-state index in [1.165, 1.54) is 92.8 Å². The van der Waals surface area contributed by atoms with E-state index in [0.29, 0.717) is 17.6 Å². The zero-order valence-electron chi connectivity index (χ0n) is 36.2. The lowest BCUT2D eigenvalue weighted by Gasteiger charge is -2.16. The zero-order valence-corrected chi connectivity index (χ0v) is 36.2. The largest absolute Gasteiger partial charge is 0.309 e. The van der Waals surface area contributed by atoms with E-state index in [0.717, 1.165) is 33.4 Å². The van der Waals surface area contributed by atoms with Crippen LogP contribution in [-0.2, 0) is 0 Å². The van der Waals surface area contributed by atoms with E-state index in [2.05, 4.69) is 185 Å². The molecule has 0 bridgehead atoms. The minimum Gasteiger partial charge on any atom is -0.309 e. The maximum atomic E-state index is 5.46. The molecule has 0 aliphatic carbocycles.